The highest BCUT2D eigenvalue weighted by Crippen LogP contribution is 2.39. The first kappa shape index (κ1) is 16.7. The number of anilines is 1. The molecule has 2 aromatic rings. The molecule has 0 spiro atoms. The van der Waals surface area contributed by atoms with Crippen LogP contribution < -0.4 is 5.73 Å². The van der Waals surface area contributed by atoms with Gasteiger partial charge in [-0.2, -0.15) is 0 Å². The summed E-state index contributed by atoms with van der Waals surface area (Å²) in [5.74, 6) is 5.58. The summed E-state index contributed by atoms with van der Waals surface area (Å²) in [5.41, 5.74) is 7.01. The average molecular weight is 332 g/mol. The average Bonchev–Trinajstić information content (AvgIpc) is 3.07. The molecule has 24 heavy (non-hydrogen) atoms. The van der Waals surface area contributed by atoms with E-state index >= 15 is 0 Å². The Morgan fingerprint density at radius 3 is 2.88 bits per heavy atom. The predicted octanol–water partition coefficient (Wildman–Crippen LogP) is -0.714. The summed E-state index contributed by atoms with van der Waals surface area (Å²) in [6.07, 6.45) is -0.0173. The molecule has 0 aliphatic heterocycles. The van der Waals surface area contributed by atoms with E-state index in [2.05, 4.69) is 21.8 Å². The summed E-state index contributed by atoms with van der Waals surface area (Å²) in [7, 11) is 1.56. The largest absolute Gasteiger partial charge is 0.390 e. The van der Waals surface area contributed by atoms with Gasteiger partial charge in [0.25, 0.3) is 0 Å². The number of nitrogens with two attached hydrogens (primary N) is 1. The molecule has 8 nitrogen and oxygen atoms in total. The predicted molar refractivity (Wildman–Crippen MR) is 86.9 cm³/mol. The van der Waals surface area contributed by atoms with Gasteiger partial charge < -0.3 is 30.4 Å². The zero-order chi connectivity index (χ0) is 17.3. The van der Waals surface area contributed by atoms with Gasteiger partial charge in [0.2, 0.25) is 0 Å². The molecule has 2 aromatic heterocycles. The summed E-state index contributed by atoms with van der Waals surface area (Å²) < 4.78 is 6.89. The quantitative estimate of drug-likeness (QED) is 0.547. The van der Waals surface area contributed by atoms with Crippen molar-refractivity contribution < 1.29 is 20.1 Å². The lowest BCUT2D eigenvalue weighted by atomic mass is 10.1. The number of aromatic nitrogens is 3. The molecule has 2 heterocycles. The van der Waals surface area contributed by atoms with Crippen molar-refractivity contribution in [2.45, 2.75) is 24.7 Å². The number of hydrogen-bond donors (Lipinski definition) is 4. The van der Waals surface area contributed by atoms with Gasteiger partial charge >= 0.3 is 0 Å². The van der Waals surface area contributed by atoms with Crippen molar-refractivity contribution in [1.82, 2.24) is 14.5 Å². The molecular weight excluding hydrogens is 312 g/mol. The van der Waals surface area contributed by atoms with Gasteiger partial charge in [-0.1, -0.05) is 5.92 Å². The van der Waals surface area contributed by atoms with E-state index < -0.39 is 18.2 Å². The number of methoxy groups -OCH3 is 1. The Bertz CT molecular complexity index is 794. The summed E-state index contributed by atoms with van der Waals surface area (Å²) in [4.78, 5) is 8.23. The fraction of sp³-hybridized carbons (Fsp3) is 0.500. The van der Waals surface area contributed by atoms with Crippen molar-refractivity contribution >= 4 is 16.9 Å². The standard InChI is InChI=1S/C16H20N4O4/c1-24-7-9-5-12(14(23)13(9)22)20-10(3-2-4-21)6-11-15(17)18-8-19-16(11)20/h6,8-9,12-14,21-23H,4-5,7H2,1H3,(H2,17,18,19). The number of ether oxygens (including phenoxy) is 1. The molecule has 1 saturated carbocycles. The third-order valence-electron chi connectivity index (χ3n) is 4.44. The molecule has 0 bridgehead atoms. The van der Waals surface area contributed by atoms with Crippen LogP contribution in [0.1, 0.15) is 18.2 Å². The van der Waals surface area contributed by atoms with E-state index in [0.717, 1.165) is 0 Å². The maximum Gasteiger partial charge on any atom is 0.146 e. The fourth-order valence-corrected chi connectivity index (χ4v) is 3.35. The maximum absolute atomic E-state index is 10.5. The molecule has 1 aliphatic rings. The monoisotopic (exact) mass is 332 g/mol. The highest BCUT2D eigenvalue weighted by Gasteiger charge is 2.43. The van der Waals surface area contributed by atoms with Crippen molar-refractivity contribution in [2.75, 3.05) is 26.1 Å². The lowest BCUT2D eigenvalue weighted by molar-refractivity contribution is -0.00888. The van der Waals surface area contributed by atoms with Gasteiger partial charge in [-0.05, 0) is 18.4 Å². The fourth-order valence-electron chi connectivity index (χ4n) is 3.35. The van der Waals surface area contributed by atoms with Crippen molar-refractivity contribution in [3.8, 4) is 11.8 Å². The second-order valence-electron chi connectivity index (χ2n) is 5.86. The number of rotatable bonds is 3. The van der Waals surface area contributed by atoms with Crippen LogP contribution in [0.4, 0.5) is 5.82 Å². The number of fused-ring (bicyclic) bond motifs is 1. The molecule has 128 valence electrons. The number of aliphatic hydroxyl groups is 3. The molecule has 0 amide bonds. The van der Waals surface area contributed by atoms with Crippen LogP contribution in [0, 0.1) is 17.8 Å². The minimum absolute atomic E-state index is 0.190. The van der Waals surface area contributed by atoms with E-state index in [9.17, 15) is 10.2 Å². The summed E-state index contributed by atoms with van der Waals surface area (Å²) in [6.45, 7) is 0.0630. The van der Waals surface area contributed by atoms with Gasteiger partial charge in [0, 0.05) is 13.0 Å². The Kier molecular flexibility index (Phi) is 4.69. The Balaban J connectivity index is 2.12. The second-order valence-corrected chi connectivity index (χ2v) is 5.86. The molecule has 0 radical (unpaired) electrons. The van der Waals surface area contributed by atoms with E-state index in [1.807, 2.05) is 0 Å². The van der Waals surface area contributed by atoms with Gasteiger partial charge in [0.1, 0.15) is 30.5 Å². The summed E-state index contributed by atoms with van der Waals surface area (Å²) >= 11 is 0. The molecule has 4 unspecified atom stereocenters. The number of hydrogen-bond acceptors (Lipinski definition) is 7. The van der Waals surface area contributed by atoms with Gasteiger partial charge in [0.05, 0.1) is 29.8 Å². The molecule has 1 fully saturated rings. The second kappa shape index (κ2) is 6.75. The molecule has 3 rings (SSSR count). The highest BCUT2D eigenvalue weighted by molar-refractivity contribution is 5.88. The maximum atomic E-state index is 10.5. The van der Waals surface area contributed by atoms with Crippen LogP contribution in [0.3, 0.4) is 0 Å². The minimum atomic E-state index is -0.980. The Hall–Kier alpha value is -2.18. The van der Waals surface area contributed by atoms with Crippen LogP contribution in [0.15, 0.2) is 12.4 Å². The zero-order valence-electron chi connectivity index (χ0n) is 13.3. The molecule has 0 aromatic carbocycles. The normalized spacial score (nSPS) is 26.5. The van der Waals surface area contributed by atoms with Gasteiger partial charge in [-0.3, -0.25) is 0 Å². The van der Waals surface area contributed by atoms with E-state index in [1.54, 1.807) is 17.7 Å². The highest BCUT2D eigenvalue weighted by atomic mass is 16.5. The van der Waals surface area contributed by atoms with Crippen molar-refractivity contribution in [2.24, 2.45) is 5.92 Å². The van der Waals surface area contributed by atoms with Gasteiger partial charge in [0.15, 0.2) is 0 Å². The van der Waals surface area contributed by atoms with Crippen molar-refractivity contribution in [3.63, 3.8) is 0 Å². The Morgan fingerprint density at radius 1 is 1.38 bits per heavy atom. The van der Waals surface area contributed by atoms with Crippen LogP contribution in [0.25, 0.3) is 11.0 Å². The summed E-state index contributed by atoms with van der Waals surface area (Å²) in [6, 6.07) is 1.31. The lowest BCUT2D eigenvalue weighted by Crippen LogP contribution is -2.31. The van der Waals surface area contributed by atoms with E-state index in [-0.39, 0.29) is 12.5 Å². The first-order valence-corrected chi connectivity index (χ1v) is 7.64. The molecule has 0 saturated heterocycles. The van der Waals surface area contributed by atoms with Crippen LogP contribution in [0.5, 0.6) is 0 Å². The van der Waals surface area contributed by atoms with E-state index in [4.69, 9.17) is 15.6 Å². The summed E-state index contributed by atoms with van der Waals surface area (Å²) in [5, 5.41) is 30.4. The Labute approximate surface area is 138 Å². The van der Waals surface area contributed by atoms with Crippen LogP contribution >= 0.6 is 0 Å². The van der Waals surface area contributed by atoms with Crippen LogP contribution in [-0.4, -0.2) is 62.4 Å². The number of nitrogen functional groups attached to an aromatic ring is 1. The van der Waals surface area contributed by atoms with Gasteiger partial charge in [-0.25, -0.2) is 9.97 Å². The van der Waals surface area contributed by atoms with Crippen LogP contribution in [-0.2, 0) is 4.74 Å². The Morgan fingerprint density at radius 2 is 2.17 bits per heavy atom. The first-order valence-electron chi connectivity index (χ1n) is 7.64. The van der Waals surface area contributed by atoms with Crippen LogP contribution in [0.2, 0.25) is 0 Å². The molecule has 5 N–H and O–H groups in total. The molecule has 8 heteroatoms. The number of aliphatic hydroxyl groups excluding tert-OH is 3. The third-order valence-corrected chi connectivity index (χ3v) is 4.44. The van der Waals surface area contributed by atoms with Crippen molar-refractivity contribution in [1.29, 1.82) is 0 Å². The minimum Gasteiger partial charge on any atom is -0.390 e. The third kappa shape index (κ3) is 2.72. The zero-order valence-corrected chi connectivity index (χ0v) is 13.3. The van der Waals surface area contributed by atoms with Gasteiger partial charge in [-0.15, -0.1) is 0 Å². The van der Waals surface area contributed by atoms with Crippen molar-refractivity contribution in [3.05, 3.63) is 18.1 Å². The topological polar surface area (TPSA) is 127 Å². The smallest absolute Gasteiger partial charge is 0.146 e. The van der Waals surface area contributed by atoms with E-state index in [1.165, 1.54) is 6.33 Å². The lowest BCUT2D eigenvalue weighted by Gasteiger charge is -2.20. The SMILES string of the molecule is COCC1CC(n2c(C#CCO)cc3c(N)ncnc32)C(O)C1O. The molecule has 4 atom stereocenters. The van der Waals surface area contributed by atoms with E-state index in [0.29, 0.717) is 35.6 Å². The number of nitrogens with zero attached hydrogens (tertiary/aromatic N) is 3. The molecular formula is C16H20N4O4. The molecule has 1 aliphatic carbocycles. The first-order chi connectivity index (χ1) is 11.6.